The largest absolute Gasteiger partial charge is 0.457 e. The first kappa shape index (κ1) is 11.4. The van der Waals surface area contributed by atoms with Crippen molar-refractivity contribution in [3.8, 4) is 0 Å². The fraction of sp³-hybridized carbons (Fsp3) is 0.200. The predicted octanol–water partition coefficient (Wildman–Crippen LogP) is 4.22. The molecular formula is C10H9Br2NOS. The van der Waals surface area contributed by atoms with Gasteiger partial charge in [0, 0.05) is 19.8 Å². The van der Waals surface area contributed by atoms with Crippen molar-refractivity contribution in [2.45, 2.75) is 13.0 Å². The highest BCUT2D eigenvalue weighted by molar-refractivity contribution is 9.10. The molecule has 2 N–H and O–H groups in total. The Hall–Kier alpha value is -0.100. The van der Waals surface area contributed by atoms with E-state index in [9.17, 15) is 0 Å². The first-order chi connectivity index (χ1) is 7.09. The molecule has 2 rings (SSSR count). The minimum atomic E-state index is -0.147. The monoisotopic (exact) mass is 349 g/mol. The van der Waals surface area contributed by atoms with E-state index in [-0.39, 0.29) is 6.04 Å². The van der Waals surface area contributed by atoms with Gasteiger partial charge >= 0.3 is 0 Å². The molecule has 0 fully saturated rings. The van der Waals surface area contributed by atoms with Crippen LogP contribution in [0.2, 0.25) is 0 Å². The number of hydrogen-bond donors (Lipinski definition) is 1. The predicted molar refractivity (Wildman–Crippen MR) is 69.2 cm³/mol. The minimum absolute atomic E-state index is 0.147. The summed E-state index contributed by atoms with van der Waals surface area (Å²) in [5, 5.41) is 0. The lowest BCUT2D eigenvalue weighted by atomic mass is 10.1. The van der Waals surface area contributed by atoms with Crippen molar-refractivity contribution in [3.63, 3.8) is 0 Å². The Morgan fingerprint density at radius 3 is 2.67 bits per heavy atom. The quantitative estimate of drug-likeness (QED) is 0.880. The molecule has 0 aliphatic heterocycles. The van der Waals surface area contributed by atoms with Crippen LogP contribution >= 0.6 is 43.2 Å². The van der Waals surface area contributed by atoms with E-state index in [1.54, 1.807) is 17.6 Å². The minimum Gasteiger partial charge on any atom is -0.457 e. The molecule has 0 aliphatic rings. The van der Waals surface area contributed by atoms with Gasteiger partial charge < -0.3 is 10.2 Å². The van der Waals surface area contributed by atoms with Gasteiger partial charge in [0.05, 0.1) is 12.3 Å². The van der Waals surface area contributed by atoms with Gasteiger partial charge in [0.25, 0.3) is 0 Å². The average molecular weight is 351 g/mol. The molecule has 0 aliphatic carbocycles. The fourth-order valence-corrected chi connectivity index (χ4v) is 3.79. The molecule has 2 heterocycles. The molecule has 80 valence electrons. The van der Waals surface area contributed by atoms with Crippen LogP contribution in [0.5, 0.6) is 0 Å². The fourth-order valence-electron chi connectivity index (χ4n) is 1.38. The summed E-state index contributed by atoms with van der Waals surface area (Å²) < 4.78 is 6.94. The van der Waals surface area contributed by atoms with Crippen molar-refractivity contribution in [3.05, 3.63) is 42.9 Å². The summed E-state index contributed by atoms with van der Waals surface area (Å²) >= 11 is 8.55. The van der Waals surface area contributed by atoms with Crippen molar-refractivity contribution >= 4 is 43.2 Å². The average Bonchev–Trinajstić information content (AvgIpc) is 2.71. The zero-order chi connectivity index (χ0) is 11.0. The Bertz CT molecular complexity index is 477. The Kier molecular flexibility index (Phi) is 3.35. The summed E-state index contributed by atoms with van der Waals surface area (Å²) in [5.74, 6) is 0. The molecule has 0 spiro atoms. The molecule has 0 saturated heterocycles. The molecule has 2 aromatic heterocycles. The number of halogens is 2. The van der Waals surface area contributed by atoms with E-state index in [1.165, 1.54) is 4.88 Å². The van der Waals surface area contributed by atoms with Crippen molar-refractivity contribution in [1.82, 2.24) is 0 Å². The molecule has 0 saturated carbocycles. The Labute approximate surface area is 109 Å². The van der Waals surface area contributed by atoms with Crippen molar-refractivity contribution in [2.24, 2.45) is 5.73 Å². The van der Waals surface area contributed by atoms with Crippen LogP contribution in [-0.4, -0.2) is 0 Å². The molecule has 15 heavy (non-hydrogen) atoms. The third kappa shape index (κ3) is 2.20. The van der Waals surface area contributed by atoms with E-state index in [0.29, 0.717) is 4.67 Å². The van der Waals surface area contributed by atoms with Gasteiger partial charge in [-0.25, -0.2) is 0 Å². The van der Waals surface area contributed by atoms with Crippen LogP contribution in [0.3, 0.4) is 0 Å². The van der Waals surface area contributed by atoms with Gasteiger partial charge in [-0.3, -0.25) is 0 Å². The second-order valence-electron chi connectivity index (χ2n) is 3.20. The lowest BCUT2D eigenvalue weighted by Crippen LogP contribution is -2.10. The lowest BCUT2D eigenvalue weighted by molar-refractivity contribution is 0.535. The first-order valence-electron chi connectivity index (χ1n) is 4.34. The van der Waals surface area contributed by atoms with E-state index in [0.717, 1.165) is 14.9 Å². The molecule has 1 unspecified atom stereocenters. The van der Waals surface area contributed by atoms with Crippen LogP contribution in [0.15, 0.2) is 32.0 Å². The Morgan fingerprint density at radius 1 is 1.47 bits per heavy atom. The maximum atomic E-state index is 6.17. The number of hydrogen-bond acceptors (Lipinski definition) is 3. The first-order valence-corrected chi connectivity index (χ1v) is 6.74. The molecule has 0 aromatic carbocycles. The van der Waals surface area contributed by atoms with Gasteiger partial charge in [0.1, 0.15) is 0 Å². The maximum absolute atomic E-state index is 6.17. The van der Waals surface area contributed by atoms with Gasteiger partial charge in [-0.1, -0.05) is 0 Å². The summed E-state index contributed by atoms with van der Waals surface area (Å²) in [6.07, 6.45) is 1.63. The zero-order valence-corrected chi connectivity index (χ0v) is 11.9. The van der Waals surface area contributed by atoms with E-state index >= 15 is 0 Å². The standard InChI is InChI=1S/C10H9Br2NOS/c1-5-4-7(11)9(15-5)8(13)6-2-3-14-10(6)12/h2-4,8H,13H2,1H3. The van der Waals surface area contributed by atoms with E-state index in [1.807, 2.05) is 6.07 Å². The SMILES string of the molecule is Cc1cc(Br)c(C(N)c2ccoc2Br)s1. The molecule has 1 atom stereocenters. The molecule has 0 bridgehead atoms. The Balaban J connectivity index is 2.40. The van der Waals surface area contributed by atoms with Crippen molar-refractivity contribution in [1.29, 1.82) is 0 Å². The topological polar surface area (TPSA) is 39.2 Å². The van der Waals surface area contributed by atoms with Gasteiger partial charge in [-0.2, -0.15) is 0 Å². The summed E-state index contributed by atoms with van der Waals surface area (Å²) in [6.45, 7) is 2.07. The molecular weight excluding hydrogens is 342 g/mol. The summed E-state index contributed by atoms with van der Waals surface area (Å²) in [6, 6.07) is 3.82. The van der Waals surface area contributed by atoms with Crippen LogP contribution in [0.1, 0.15) is 21.4 Å². The molecule has 0 amide bonds. The highest BCUT2D eigenvalue weighted by Crippen LogP contribution is 2.36. The molecule has 2 nitrogen and oxygen atoms in total. The van der Waals surface area contributed by atoms with E-state index < -0.39 is 0 Å². The van der Waals surface area contributed by atoms with E-state index in [4.69, 9.17) is 10.2 Å². The Morgan fingerprint density at radius 2 is 2.20 bits per heavy atom. The van der Waals surface area contributed by atoms with Gasteiger partial charge in [-0.15, -0.1) is 11.3 Å². The van der Waals surface area contributed by atoms with Crippen molar-refractivity contribution < 1.29 is 4.42 Å². The van der Waals surface area contributed by atoms with E-state index in [2.05, 4.69) is 44.8 Å². The zero-order valence-electron chi connectivity index (χ0n) is 7.96. The van der Waals surface area contributed by atoms with Crippen LogP contribution in [0.4, 0.5) is 0 Å². The third-order valence-electron chi connectivity index (χ3n) is 2.10. The smallest absolute Gasteiger partial charge is 0.174 e. The lowest BCUT2D eigenvalue weighted by Gasteiger charge is -2.08. The summed E-state index contributed by atoms with van der Waals surface area (Å²) in [5.41, 5.74) is 7.14. The number of aryl methyl sites for hydroxylation is 1. The second kappa shape index (κ2) is 4.41. The van der Waals surface area contributed by atoms with Crippen LogP contribution in [-0.2, 0) is 0 Å². The number of thiophene rings is 1. The maximum Gasteiger partial charge on any atom is 0.174 e. The highest BCUT2D eigenvalue weighted by atomic mass is 79.9. The summed E-state index contributed by atoms with van der Waals surface area (Å²) in [7, 11) is 0. The van der Waals surface area contributed by atoms with Gasteiger partial charge in [0.15, 0.2) is 4.67 Å². The summed E-state index contributed by atoms with van der Waals surface area (Å²) in [4.78, 5) is 2.36. The number of rotatable bonds is 2. The van der Waals surface area contributed by atoms with Gasteiger partial charge in [0.2, 0.25) is 0 Å². The van der Waals surface area contributed by atoms with Crippen LogP contribution in [0.25, 0.3) is 0 Å². The molecule has 2 aromatic rings. The third-order valence-corrected chi connectivity index (χ3v) is 4.80. The normalized spacial score (nSPS) is 13.1. The highest BCUT2D eigenvalue weighted by Gasteiger charge is 2.18. The van der Waals surface area contributed by atoms with Crippen LogP contribution < -0.4 is 5.73 Å². The van der Waals surface area contributed by atoms with Gasteiger partial charge in [-0.05, 0) is 50.9 Å². The molecule has 5 heteroatoms. The van der Waals surface area contributed by atoms with Crippen LogP contribution in [0, 0.1) is 6.92 Å². The number of nitrogens with two attached hydrogens (primary N) is 1. The second-order valence-corrected chi connectivity index (χ2v) is 6.06. The van der Waals surface area contributed by atoms with Crippen molar-refractivity contribution in [2.75, 3.05) is 0 Å². The number of furan rings is 1. The molecule has 0 radical (unpaired) electrons.